The minimum Gasteiger partial charge on any atom is -0.349 e. The van der Waals surface area contributed by atoms with Gasteiger partial charge in [0.1, 0.15) is 18.2 Å². The predicted molar refractivity (Wildman–Crippen MR) is 108 cm³/mol. The molecular formula is C22H28FN5O. The minimum atomic E-state index is -0.309. The van der Waals surface area contributed by atoms with E-state index < -0.39 is 0 Å². The molecule has 2 aliphatic heterocycles. The molecule has 3 heterocycles. The van der Waals surface area contributed by atoms with E-state index in [2.05, 4.69) is 20.3 Å². The third kappa shape index (κ3) is 3.92. The van der Waals surface area contributed by atoms with Crippen molar-refractivity contribution in [1.29, 1.82) is 0 Å². The van der Waals surface area contributed by atoms with Gasteiger partial charge in [0.25, 0.3) is 0 Å². The lowest BCUT2D eigenvalue weighted by Crippen LogP contribution is -2.56. The van der Waals surface area contributed by atoms with Crippen LogP contribution in [-0.2, 0) is 17.8 Å². The van der Waals surface area contributed by atoms with Crippen molar-refractivity contribution in [3.8, 4) is 11.4 Å². The van der Waals surface area contributed by atoms with Crippen LogP contribution in [0.3, 0.4) is 0 Å². The Labute approximate surface area is 170 Å². The molecule has 1 spiro atoms. The summed E-state index contributed by atoms with van der Waals surface area (Å²) in [6, 6.07) is 6.31. The quantitative estimate of drug-likeness (QED) is 0.865. The van der Waals surface area contributed by atoms with Gasteiger partial charge in [-0.25, -0.2) is 14.1 Å². The van der Waals surface area contributed by atoms with Crippen molar-refractivity contribution in [1.82, 2.24) is 25.0 Å². The van der Waals surface area contributed by atoms with E-state index in [0.29, 0.717) is 17.8 Å². The highest BCUT2D eigenvalue weighted by atomic mass is 19.1. The van der Waals surface area contributed by atoms with E-state index in [9.17, 15) is 9.18 Å². The number of aromatic nitrogens is 3. The zero-order valence-electron chi connectivity index (χ0n) is 16.7. The summed E-state index contributed by atoms with van der Waals surface area (Å²) in [6.45, 7) is 3.40. The number of benzene rings is 1. The Morgan fingerprint density at radius 3 is 2.76 bits per heavy atom. The van der Waals surface area contributed by atoms with Gasteiger partial charge in [-0.3, -0.25) is 4.79 Å². The van der Waals surface area contributed by atoms with Gasteiger partial charge < -0.3 is 10.2 Å². The molecule has 6 nitrogen and oxygen atoms in total. The number of hydrogen-bond donors (Lipinski definition) is 1. The summed E-state index contributed by atoms with van der Waals surface area (Å²) < 4.78 is 15.3. The average molecular weight is 397 g/mol. The lowest BCUT2D eigenvalue weighted by molar-refractivity contribution is -0.123. The van der Waals surface area contributed by atoms with Crippen LogP contribution in [0, 0.1) is 11.7 Å². The molecule has 5 rings (SSSR count). The number of rotatable bonds is 3. The van der Waals surface area contributed by atoms with Gasteiger partial charge in [-0.15, -0.1) is 0 Å². The van der Waals surface area contributed by atoms with Gasteiger partial charge in [0, 0.05) is 37.2 Å². The second-order valence-corrected chi connectivity index (χ2v) is 8.98. The van der Waals surface area contributed by atoms with E-state index in [-0.39, 0.29) is 23.8 Å². The molecule has 0 radical (unpaired) electrons. The van der Waals surface area contributed by atoms with Crippen LogP contribution in [0.25, 0.3) is 11.4 Å². The molecule has 1 aliphatic carbocycles. The number of nitrogens with zero attached hydrogens (tertiary/aromatic N) is 4. The summed E-state index contributed by atoms with van der Waals surface area (Å²) in [6.07, 6.45) is 8.04. The maximum atomic E-state index is 13.6. The zero-order chi connectivity index (χ0) is 19.8. The van der Waals surface area contributed by atoms with Gasteiger partial charge in [-0.2, -0.15) is 5.10 Å². The van der Waals surface area contributed by atoms with Gasteiger partial charge in [0.15, 0.2) is 5.82 Å². The molecule has 1 N–H and O–H groups in total. The van der Waals surface area contributed by atoms with Crippen LogP contribution in [0.1, 0.15) is 44.3 Å². The maximum Gasteiger partial charge on any atom is 0.242 e. The molecule has 2 fully saturated rings. The summed E-state index contributed by atoms with van der Waals surface area (Å²) in [5.74, 6) is 1.83. The minimum absolute atomic E-state index is 0.0105. The first-order valence-electron chi connectivity index (χ1n) is 10.8. The van der Waals surface area contributed by atoms with Crippen molar-refractivity contribution >= 4 is 5.91 Å². The van der Waals surface area contributed by atoms with Crippen LogP contribution in [0.4, 0.5) is 4.39 Å². The first-order valence-corrected chi connectivity index (χ1v) is 10.8. The molecule has 3 aliphatic rings. The van der Waals surface area contributed by atoms with Gasteiger partial charge in [0.2, 0.25) is 5.91 Å². The molecule has 0 bridgehead atoms. The number of halogens is 1. The highest BCUT2D eigenvalue weighted by Gasteiger charge is 2.40. The van der Waals surface area contributed by atoms with Gasteiger partial charge in [0.05, 0.1) is 0 Å². The summed E-state index contributed by atoms with van der Waals surface area (Å²) in [5, 5.41) is 7.78. The number of carbonyl (C=O) groups is 1. The average Bonchev–Trinajstić information content (AvgIpc) is 3.32. The molecule has 1 aromatic carbocycles. The number of hydrogen-bond acceptors (Lipinski definition) is 4. The molecule has 1 saturated heterocycles. The lowest BCUT2D eigenvalue weighted by atomic mass is 9.83. The fraction of sp³-hybridized carbons (Fsp3) is 0.591. The van der Waals surface area contributed by atoms with E-state index in [0.717, 1.165) is 37.7 Å². The molecule has 29 heavy (non-hydrogen) atoms. The molecule has 1 saturated carbocycles. The second-order valence-electron chi connectivity index (χ2n) is 8.98. The SMILES string of the molecule is O=C1Cn2nc(-c3cccc(F)c3)nc2CC2(CCN(CC3CCCC3)CC2)N1. The largest absolute Gasteiger partial charge is 0.349 e. The van der Waals surface area contributed by atoms with Crippen LogP contribution < -0.4 is 5.32 Å². The van der Waals surface area contributed by atoms with Crippen molar-refractivity contribution in [3.05, 3.63) is 35.9 Å². The van der Waals surface area contributed by atoms with E-state index in [1.165, 1.54) is 44.4 Å². The molecule has 0 unspecified atom stereocenters. The van der Waals surface area contributed by atoms with Crippen LogP contribution >= 0.6 is 0 Å². The van der Waals surface area contributed by atoms with Crippen molar-refractivity contribution in [3.63, 3.8) is 0 Å². The Hall–Kier alpha value is -2.28. The molecular weight excluding hydrogens is 369 g/mol. The van der Waals surface area contributed by atoms with E-state index in [1.54, 1.807) is 16.8 Å². The van der Waals surface area contributed by atoms with Gasteiger partial charge in [-0.1, -0.05) is 25.0 Å². The number of fused-ring (bicyclic) bond motifs is 1. The topological polar surface area (TPSA) is 63.1 Å². The standard InChI is InChI=1S/C22H28FN5O/c23-18-7-3-6-17(12-18)21-24-19-13-22(25-20(29)15-28(19)26-21)8-10-27(11-9-22)14-16-4-1-2-5-16/h3,6-7,12,16H,1-2,4-5,8-11,13-15H2,(H,25,29). The predicted octanol–water partition coefficient (Wildman–Crippen LogP) is 2.78. The normalized spacial score (nSPS) is 22.4. The fourth-order valence-corrected chi connectivity index (χ4v) is 5.22. The lowest BCUT2D eigenvalue weighted by Gasteiger charge is -2.42. The molecule has 2 aromatic rings. The number of carbonyl (C=O) groups excluding carboxylic acids is 1. The zero-order valence-corrected chi connectivity index (χ0v) is 16.7. The van der Waals surface area contributed by atoms with Crippen LogP contribution in [0.15, 0.2) is 24.3 Å². The number of amides is 1. The van der Waals surface area contributed by atoms with Crippen LogP contribution in [0.5, 0.6) is 0 Å². The molecule has 1 aromatic heterocycles. The summed E-state index contributed by atoms with van der Waals surface area (Å²) >= 11 is 0. The van der Waals surface area contributed by atoms with Crippen molar-refractivity contribution in [2.24, 2.45) is 5.92 Å². The van der Waals surface area contributed by atoms with Gasteiger partial charge in [-0.05, 0) is 43.7 Å². The first-order chi connectivity index (χ1) is 14.1. The Balaban J connectivity index is 1.33. The van der Waals surface area contributed by atoms with E-state index in [1.807, 2.05) is 0 Å². The highest BCUT2D eigenvalue weighted by Crippen LogP contribution is 2.31. The van der Waals surface area contributed by atoms with Crippen molar-refractivity contribution < 1.29 is 9.18 Å². The first kappa shape index (κ1) is 18.7. The summed E-state index contributed by atoms with van der Waals surface area (Å²) in [7, 11) is 0. The Bertz CT molecular complexity index is 896. The third-order valence-corrected chi connectivity index (χ3v) is 6.83. The number of likely N-dealkylation sites (tertiary alicyclic amines) is 1. The molecule has 0 atom stereocenters. The van der Waals surface area contributed by atoms with Crippen LogP contribution in [-0.4, -0.2) is 50.7 Å². The van der Waals surface area contributed by atoms with Crippen LogP contribution in [0.2, 0.25) is 0 Å². The summed E-state index contributed by atoms with van der Waals surface area (Å²) in [5.41, 5.74) is 0.399. The maximum absolute atomic E-state index is 13.6. The number of nitrogens with one attached hydrogen (secondary N) is 1. The molecule has 1 amide bonds. The second kappa shape index (κ2) is 7.52. The molecule has 7 heteroatoms. The van der Waals surface area contributed by atoms with Crippen molar-refractivity contribution in [2.45, 2.75) is 57.0 Å². The monoisotopic (exact) mass is 397 g/mol. The van der Waals surface area contributed by atoms with Crippen molar-refractivity contribution in [2.75, 3.05) is 19.6 Å². The highest BCUT2D eigenvalue weighted by molar-refractivity contribution is 5.77. The Morgan fingerprint density at radius 2 is 2.00 bits per heavy atom. The fourth-order valence-electron chi connectivity index (χ4n) is 5.22. The Kier molecular flexibility index (Phi) is 4.86. The van der Waals surface area contributed by atoms with E-state index >= 15 is 0 Å². The van der Waals surface area contributed by atoms with E-state index in [4.69, 9.17) is 0 Å². The molecule has 154 valence electrons. The Morgan fingerprint density at radius 1 is 1.21 bits per heavy atom. The summed E-state index contributed by atoms with van der Waals surface area (Å²) in [4.78, 5) is 19.9. The van der Waals surface area contributed by atoms with Gasteiger partial charge >= 0.3 is 0 Å². The third-order valence-electron chi connectivity index (χ3n) is 6.83. The number of piperidine rings is 1. The smallest absolute Gasteiger partial charge is 0.242 e.